The van der Waals surface area contributed by atoms with Crippen LogP contribution in [0.15, 0.2) is 61.5 Å². The molecule has 0 saturated heterocycles. The molecule has 1 heterocycles. The highest BCUT2D eigenvalue weighted by Gasteiger charge is 2.09. The van der Waals surface area contributed by atoms with E-state index in [0.717, 1.165) is 27.0 Å². The van der Waals surface area contributed by atoms with Crippen molar-refractivity contribution in [1.82, 2.24) is 10.3 Å². The third-order valence-electron chi connectivity index (χ3n) is 2.85. The van der Waals surface area contributed by atoms with E-state index in [1.165, 1.54) is 17.3 Å². The lowest BCUT2D eigenvalue weighted by Crippen LogP contribution is -2.04. The second kappa shape index (κ2) is 5.99. The Balaban J connectivity index is 1.86. The number of aromatic nitrogens is 1. The van der Waals surface area contributed by atoms with E-state index in [1.807, 2.05) is 31.3 Å². The molecule has 0 fully saturated rings. The molecule has 1 aromatic heterocycles. The van der Waals surface area contributed by atoms with Crippen LogP contribution < -0.4 is 5.32 Å². The van der Waals surface area contributed by atoms with Gasteiger partial charge in [-0.2, -0.15) is 0 Å². The first kappa shape index (κ1) is 13.7. The van der Waals surface area contributed by atoms with Gasteiger partial charge in [-0.3, -0.25) is 0 Å². The van der Waals surface area contributed by atoms with Gasteiger partial charge in [-0.1, -0.05) is 18.2 Å². The largest absolute Gasteiger partial charge is 0.431 e. The lowest BCUT2D eigenvalue weighted by Gasteiger charge is -2.04. The molecule has 1 N–H and O–H groups in total. The Morgan fingerprint density at radius 1 is 1.25 bits per heavy atom. The highest BCUT2D eigenvalue weighted by Crippen LogP contribution is 2.35. The van der Waals surface area contributed by atoms with Crippen molar-refractivity contribution in [2.45, 2.75) is 16.7 Å². The van der Waals surface area contributed by atoms with Crippen LogP contribution >= 0.6 is 27.7 Å². The van der Waals surface area contributed by atoms with Crippen molar-refractivity contribution in [2.75, 3.05) is 7.05 Å². The van der Waals surface area contributed by atoms with Gasteiger partial charge in [-0.15, -0.1) is 0 Å². The summed E-state index contributed by atoms with van der Waals surface area (Å²) < 4.78 is 6.78. The Labute approximate surface area is 129 Å². The van der Waals surface area contributed by atoms with Crippen molar-refractivity contribution in [2.24, 2.45) is 0 Å². The second-order valence-corrected chi connectivity index (χ2v) is 6.19. The molecule has 0 unspecified atom stereocenters. The Kier molecular flexibility index (Phi) is 4.10. The van der Waals surface area contributed by atoms with Crippen LogP contribution in [-0.2, 0) is 6.54 Å². The number of halogens is 1. The van der Waals surface area contributed by atoms with Gasteiger partial charge in [-0.05, 0) is 64.6 Å². The third kappa shape index (κ3) is 2.90. The SMILES string of the molecule is CNCc1ccc(Sc2nc3ccccc3o2)c(Br)c1. The molecule has 3 rings (SSSR count). The third-order valence-corrected chi connectivity index (χ3v) is 4.69. The number of hydrogen-bond donors (Lipinski definition) is 1. The molecule has 0 radical (unpaired) electrons. The molecule has 0 aliphatic rings. The molecule has 0 saturated carbocycles. The molecule has 20 heavy (non-hydrogen) atoms. The first-order valence-corrected chi connectivity index (χ1v) is 7.83. The number of oxazole rings is 1. The zero-order chi connectivity index (χ0) is 13.9. The number of para-hydroxylation sites is 2. The molecule has 5 heteroatoms. The van der Waals surface area contributed by atoms with E-state index in [4.69, 9.17) is 4.42 Å². The zero-order valence-electron chi connectivity index (χ0n) is 10.9. The minimum atomic E-state index is 0.660. The molecule has 0 amide bonds. The number of nitrogens with one attached hydrogen (secondary N) is 1. The minimum absolute atomic E-state index is 0.660. The van der Waals surface area contributed by atoms with Gasteiger partial charge in [0.25, 0.3) is 5.22 Å². The lowest BCUT2D eigenvalue weighted by molar-refractivity contribution is 0.489. The van der Waals surface area contributed by atoms with Crippen molar-refractivity contribution in [3.63, 3.8) is 0 Å². The Hall–Kier alpha value is -1.30. The van der Waals surface area contributed by atoms with E-state index in [-0.39, 0.29) is 0 Å². The maximum absolute atomic E-state index is 5.72. The summed E-state index contributed by atoms with van der Waals surface area (Å²) in [4.78, 5) is 5.56. The molecule has 3 aromatic rings. The van der Waals surface area contributed by atoms with E-state index < -0.39 is 0 Å². The highest BCUT2D eigenvalue weighted by atomic mass is 79.9. The van der Waals surface area contributed by atoms with Crippen LogP contribution in [0, 0.1) is 0 Å². The van der Waals surface area contributed by atoms with E-state index in [9.17, 15) is 0 Å². The van der Waals surface area contributed by atoms with Gasteiger partial charge < -0.3 is 9.73 Å². The standard InChI is InChI=1S/C15H13BrN2OS/c1-17-9-10-6-7-14(11(16)8-10)20-15-18-12-4-2-3-5-13(12)19-15/h2-8,17H,9H2,1H3. The molecule has 0 bridgehead atoms. The lowest BCUT2D eigenvalue weighted by atomic mass is 10.2. The number of nitrogens with zero attached hydrogens (tertiary/aromatic N) is 1. The van der Waals surface area contributed by atoms with E-state index in [2.05, 4.69) is 44.4 Å². The van der Waals surface area contributed by atoms with Gasteiger partial charge >= 0.3 is 0 Å². The predicted molar refractivity (Wildman–Crippen MR) is 85.0 cm³/mol. The average Bonchev–Trinajstić information content (AvgIpc) is 2.84. The summed E-state index contributed by atoms with van der Waals surface area (Å²) in [7, 11) is 1.94. The van der Waals surface area contributed by atoms with Crippen LogP contribution in [0.1, 0.15) is 5.56 Å². The molecule has 0 spiro atoms. The van der Waals surface area contributed by atoms with Gasteiger partial charge in [0.15, 0.2) is 5.58 Å². The van der Waals surface area contributed by atoms with E-state index >= 15 is 0 Å². The van der Waals surface area contributed by atoms with Gasteiger partial charge in [-0.25, -0.2) is 4.98 Å². The van der Waals surface area contributed by atoms with Crippen LogP contribution in [0.3, 0.4) is 0 Å². The van der Waals surface area contributed by atoms with Gasteiger partial charge in [0.05, 0.1) is 0 Å². The Morgan fingerprint density at radius 2 is 2.10 bits per heavy atom. The molecule has 102 valence electrons. The molecule has 0 aliphatic carbocycles. The summed E-state index contributed by atoms with van der Waals surface area (Å²) >= 11 is 5.12. The first-order valence-electron chi connectivity index (χ1n) is 6.23. The molecule has 0 atom stereocenters. The molecular formula is C15H13BrN2OS. The normalized spacial score (nSPS) is 11.1. The fraction of sp³-hybridized carbons (Fsp3) is 0.133. The van der Waals surface area contributed by atoms with Gasteiger partial charge in [0, 0.05) is 15.9 Å². The van der Waals surface area contributed by atoms with E-state index in [0.29, 0.717) is 5.22 Å². The fourth-order valence-electron chi connectivity index (χ4n) is 1.93. The summed E-state index contributed by atoms with van der Waals surface area (Å²) in [6, 6.07) is 14.1. The van der Waals surface area contributed by atoms with Crippen molar-refractivity contribution in [1.29, 1.82) is 0 Å². The number of hydrogen-bond acceptors (Lipinski definition) is 4. The van der Waals surface area contributed by atoms with Crippen molar-refractivity contribution < 1.29 is 4.42 Å². The number of fused-ring (bicyclic) bond motifs is 1. The Morgan fingerprint density at radius 3 is 2.85 bits per heavy atom. The predicted octanol–water partition coefficient (Wildman–Crippen LogP) is 4.46. The number of benzene rings is 2. The summed E-state index contributed by atoms with van der Waals surface area (Å²) in [6.07, 6.45) is 0. The van der Waals surface area contributed by atoms with Crippen molar-refractivity contribution >= 4 is 38.8 Å². The van der Waals surface area contributed by atoms with Crippen LogP contribution in [0.2, 0.25) is 0 Å². The maximum atomic E-state index is 5.72. The monoisotopic (exact) mass is 348 g/mol. The molecule has 3 nitrogen and oxygen atoms in total. The molecular weight excluding hydrogens is 336 g/mol. The van der Waals surface area contributed by atoms with Crippen LogP contribution in [-0.4, -0.2) is 12.0 Å². The smallest absolute Gasteiger partial charge is 0.261 e. The van der Waals surface area contributed by atoms with Gasteiger partial charge in [0.1, 0.15) is 5.52 Å². The number of rotatable bonds is 4. The average molecular weight is 349 g/mol. The topological polar surface area (TPSA) is 38.1 Å². The summed E-state index contributed by atoms with van der Waals surface area (Å²) in [6.45, 7) is 0.854. The quantitative estimate of drug-likeness (QED) is 0.755. The maximum Gasteiger partial charge on any atom is 0.261 e. The summed E-state index contributed by atoms with van der Waals surface area (Å²) in [5.74, 6) is 0. The van der Waals surface area contributed by atoms with Crippen molar-refractivity contribution in [3.8, 4) is 0 Å². The summed E-state index contributed by atoms with van der Waals surface area (Å²) in [5, 5.41) is 3.80. The minimum Gasteiger partial charge on any atom is -0.431 e. The zero-order valence-corrected chi connectivity index (χ0v) is 13.3. The second-order valence-electron chi connectivity index (χ2n) is 4.34. The van der Waals surface area contributed by atoms with Crippen LogP contribution in [0.4, 0.5) is 0 Å². The highest BCUT2D eigenvalue weighted by molar-refractivity contribution is 9.10. The van der Waals surface area contributed by atoms with Crippen LogP contribution in [0.25, 0.3) is 11.1 Å². The van der Waals surface area contributed by atoms with Crippen molar-refractivity contribution in [3.05, 3.63) is 52.5 Å². The Bertz CT molecular complexity index is 709. The first-order chi connectivity index (χ1) is 9.76. The fourth-order valence-corrected chi connectivity index (χ4v) is 3.36. The van der Waals surface area contributed by atoms with Gasteiger partial charge in [0.2, 0.25) is 0 Å². The summed E-state index contributed by atoms with van der Waals surface area (Å²) in [5.41, 5.74) is 2.94. The van der Waals surface area contributed by atoms with E-state index in [1.54, 1.807) is 0 Å². The molecule has 2 aromatic carbocycles. The molecule has 0 aliphatic heterocycles. The van der Waals surface area contributed by atoms with Crippen LogP contribution in [0.5, 0.6) is 0 Å².